The molecule has 0 atom stereocenters. The van der Waals surface area contributed by atoms with E-state index in [1.54, 1.807) is 6.20 Å². The van der Waals surface area contributed by atoms with Crippen molar-refractivity contribution in [2.75, 3.05) is 5.43 Å². The molecular weight excluding hydrogens is 240 g/mol. The van der Waals surface area contributed by atoms with E-state index in [1.807, 2.05) is 38.1 Å². The summed E-state index contributed by atoms with van der Waals surface area (Å²) in [6.07, 6.45) is 1.60. The van der Waals surface area contributed by atoms with Gasteiger partial charge in [0, 0.05) is 5.71 Å². The van der Waals surface area contributed by atoms with Gasteiger partial charge in [-0.2, -0.15) is 10.2 Å². The highest BCUT2D eigenvalue weighted by Crippen LogP contribution is 2.19. The molecule has 0 aliphatic heterocycles. The second-order valence-corrected chi connectivity index (χ2v) is 4.31. The Morgan fingerprint density at radius 2 is 1.79 bits per heavy atom. The summed E-state index contributed by atoms with van der Waals surface area (Å²) in [5.74, 6) is 0.511. The first kappa shape index (κ1) is 11.5. The topological polar surface area (TPSA) is 76.0 Å². The maximum Gasteiger partial charge on any atom is 0.197 e. The molecule has 6 heteroatoms. The molecule has 0 aliphatic carbocycles. The zero-order chi connectivity index (χ0) is 13.2. The fraction of sp³-hybridized carbons (Fsp3) is 0.154. The Balaban J connectivity index is 2.23. The first-order chi connectivity index (χ1) is 9.24. The lowest BCUT2D eigenvalue weighted by Crippen LogP contribution is -2.00. The molecule has 0 saturated heterocycles. The summed E-state index contributed by atoms with van der Waals surface area (Å²) >= 11 is 0. The van der Waals surface area contributed by atoms with Gasteiger partial charge in [-0.15, -0.1) is 5.10 Å². The molecule has 0 aliphatic rings. The van der Waals surface area contributed by atoms with Crippen molar-refractivity contribution in [3.8, 4) is 0 Å². The molecule has 2 heterocycles. The molecule has 19 heavy (non-hydrogen) atoms. The van der Waals surface area contributed by atoms with E-state index in [2.05, 4.69) is 30.7 Å². The van der Waals surface area contributed by atoms with Gasteiger partial charge in [0.05, 0.1) is 17.2 Å². The first-order valence-electron chi connectivity index (χ1n) is 5.89. The minimum absolute atomic E-state index is 0.511. The van der Waals surface area contributed by atoms with Crippen LogP contribution in [-0.4, -0.2) is 25.9 Å². The van der Waals surface area contributed by atoms with E-state index in [-0.39, 0.29) is 0 Å². The second kappa shape index (κ2) is 4.56. The number of nitrogens with one attached hydrogen (secondary N) is 1. The van der Waals surface area contributed by atoms with E-state index in [0.717, 1.165) is 16.7 Å². The molecule has 1 aromatic carbocycles. The van der Waals surface area contributed by atoms with E-state index >= 15 is 0 Å². The third-order valence-electron chi connectivity index (χ3n) is 2.54. The summed E-state index contributed by atoms with van der Waals surface area (Å²) in [4.78, 5) is 9.07. The Bertz CT molecular complexity index is 776. The molecule has 0 spiro atoms. The zero-order valence-corrected chi connectivity index (χ0v) is 10.6. The van der Waals surface area contributed by atoms with E-state index in [4.69, 9.17) is 0 Å². The van der Waals surface area contributed by atoms with Crippen molar-refractivity contribution in [1.29, 1.82) is 0 Å². The van der Waals surface area contributed by atoms with Crippen molar-refractivity contribution in [3.63, 3.8) is 0 Å². The third kappa shape index (κ3) is 2.20. The predicted molar refractivity (Wildman–Crippen MR) is 75.0 cm³/mol. The monoisotopic (exact) mass is 252 g/mol. The lowest BCUT2D eigenvalue weighted by Gasteiger charge is -2.04. The Labute approximate surface area is 109 Å². The Hall–Kier alpha value is -2.63. The van der Waals surface area contributed by atoms with Gasteiger partial charge in [0.15, 0.2) is 5.82 Å². The molecule has 3 aromatic rings. The molecule has 0 radical (unpaired) electrons. The fourth-order valence-electron chi connectivity index (χ4n) is 1.71. The second-order valence-electron chi connectivity index (χ2n) is 4.31. The van der Waals surface area contributed by atoms with Gasteiger partial charge in [-0.05, 0) is 26.0 Å². The SMILES string of the molecule is CC(C)=NNc1nncc2nc3ccccc3nc12. The maximum absolute atomic E-state index is 4.56. The molecule has 0 unspecified atom stereocenters. The van der Waals surface area contributed by atoms with E-state index in [1.165, 1.54) is 0 Å². The van der Waals surface area contributed by atoms with Gasteiger partial charge in [0.2, 0.25) is 0 Å². The molecular formula is C13H12N6. The molecule has 0 fully saturated rings. The molecule has 0 saturated carbocycles. The van der Waals surface area contributed by atoms with Crippen molar-refractivity contribution in [2.45, 2.75) is 13.8 Å². The minimum atomic E-state index is 0.511. The average Bonchev–Trinajstić information content (AvgIpc) is 2.42. The smallest absolute Gasteiger partial charge is 0.197 e. The Morgan fingerprint density at radius 1 is 1.05 bits per heavy atom. The summed E-state index contributed by atoms with van der Waals surface area (Å²) in [6, 6.07) is 7.70. The van der Waals surface area contributed by atoms with Gasteiger partial charge in [-0.1, -0.05) is 12.1 Å². The zero-order valence-electron chi connectivity index (χ0n) is 10.6. The number of para-hydroxylation sites is 2. The van der Waals surface area contributed by atoms with Crippen molar-refractivity contribution in [1.82, 2.24) is 20.2 Å². The number of rotatable bonds is 2. The summed E-state index contributed by atoms with van der Waals surface area (Å²) in [5.41, 5.74) is 6.78. The van der Waals surface area contributed by atoms with Gasteiger partial charge < -0.3 is 0 Å². The van der Waals surface area contributed by atoms with Crippen LogP contribution in [-0.2, 0) is 0 Å². The van der Waals surface area contributed by atoms with Crippen LogP contribution in [0, 0.1) is 0 Å². The van der Waals surface area contributed by atoms with Crippen LogP contribution in [0.4, 0.5) is 5.82 Å². The van der Waals surface area contributed by atoms with E-state index in [9.17, 15) is 0 Å². The quantitative estimate of drug-likeness (QED) is 0.430. The molecule has 6 nitrogen and oxygen atoms in total. The molecule has 94 valence electrons. The van der Waals surface area contributed by atoms with Crippen LogP contribution in [0.2, 0.25) is 0 Å². The highest BCUT2D eigenvalue weighted by molar-refractivity contribution is 5.91. The summed E-state index contributed by atoms with van der Waals surface area (Å²) in [5, 5.41) is 12.0. The van der Waals surface area contributed by atoms with E-state index < -0.39 is 0 Å². The Morgan fingerprint density at radius 3 is 2.53 bits per heavy atom. The summed E-state index contributed by atoms with van der Waals surface area (Å²) in [7, 11) is 0. The number of anilines is 1. The molecule has 1 N–H and O–H groups in total. The van der Waals surface area contributed by atoms with Crippen LogP contribution >= 0.6 is 0 Å². The standard InChI is InChI=1S/C13H12N6/c1-8(2)17-19-13-12-11(7-14-18-13)15-9-5-3-4-6-10(9)16-12/h3-7H,1-2H3,(H,18,19). The van der Waals surface area contributed by atoms with Gasteiger partial charge in [0.25, 0.3) is 0 Å². The molecule has 2 aromatic heterocycles. The van der Waals surface area contributed by atoms with Crippen molar-refractivity contribution < 1.29 is 0 Å². The fourth-order valence-corrected chi connectivity index (χ4v) is 1.71. The van der Waals surface area contributed by atoms with Gasteiger partial charge in [0.1, 0.15) is 11.0 Å². The normalized spacial score (nSPS) is 10.6. The first-order valence-corrected chi connectivity index (χ1v) is 5.89. The number of hydrogen-bond donors (Lipinski definition) is 1. The maximum atomic E-state index is 4.56. The van der Waals surface area contributed by atoms with Crippen molar-refractivity contribution >= 4 is 33.6 Å². The highest BCUT2D eigenvalue weighted by Gasteiger charge is 2.07. The van der Waals surface area contributed by atoms with Crippen LogP contribution in [0.1, 0.15) is 13.8 Å². The van der Waals surface area contributed by atoms with Gasteiger partial charge in [-0.25, -0.2) is 9.97 Å². The lowest BCUT2D eigenvalue weighted by atomic mass is 10.3. The highest BCUT2D eigenvalue weighted by atomic mass is 15.3. The largest absolute Gasteiger partial charge is 0.258 e. The van der Waals surface area contributed by atoms with Crippen LogP contribution in [0.15, 0.2) is 35.6 Å². The summed E-state index contributed by atoms with van der Waals surface area (Å²) in [6.45, 7) is 3.79. The number of hydrazone groups is 1. The van der Waals surface area contributed by atoms with E-state index in [0.29, 0.717) is 16.9 Å². The van der Waals surface area contributed by atoms with Crippen LogP contribution in [0.5, 0.6) is 0 Å². The summed E-state index contributed by atoms with van der Waals surface area (Å²) < 4.78 is 0. The Kier molecular flexibility index (Phi) is 2.75. The van der Waals surface area contributed by atoms with Crippen LogP contribution in [0.3, 0.4) is 0 Å². The van der Waals surface area contributed by atoms with Crippen molar-refractivity contribution in [3.05, 3.63) is 30.5 Å². The van der Waals surface area contributed by atoms with Crippen molar-refractivity contribution in [2.24, 2.45) is 5.10 Å². The molecule has 3 rings (SSSR count). The number of aromatic nitrogens is 4. The van der Waals surface area contributed by atoms with Crippen LogP contribution in [0.25, 0.3) is 22.1 Å². The van der Waals surface area contributed by atoms with Gasteiger partial charge in [-0.3, -0.25) is 5.43 Å². The number of benzene rings is 1. The van der Waals surface area contributed by atoms with Gasteiger partial charge >= 0.3 is 0 Å². The minimum Gasteiger partial charge on any atom is -0.258 e. The lowest BCUT2D eigenvalue weighted by molar-refractivity contribution is 1.03. The third-order valence-corrected chi connectivity index (χ3v) is 2.54. The molecule has 0 bridgehead atoms. The number of fused-ring (bicyclic) bond motifs is 2. The number of nitrogens with zero attached hydrogens (tertiary/aromatic N) is 5. The average molecular weight is 252 g/mol. The number of hydrogen-bond acceptors (Lipinski definition) is 6. The predicted octanol–water partition coefficient (Wildman–Crippen LogP) is 2.38. The van der Waals surface area contributed by atoms with Crippen LogP contribution < -0.4 is 5.43 Å². The molecule has 0 amide bonds.